The van der Waals surface area contributed by atoms with Crippen molar-refractivity contribution >= 4 is 43.5 Å². The van der Waals surface area contributed by atoms with Crippen LogP contribution in [0, 0.1) is 23.3 Å². The van der Waals surface area contributed by atoms with Crippen LogP contribution in [0.5, 0.6) is 0 Å². The van der Waals surface area contributed by atoms with E-state index in [-0.39, 0.29) is 10.7 Å². The van der Waals surface area contributed by atoms with Crippen LogP contribution >= 0.6 is 27.5 Å². The molecule has 0 saturated carbocycles. The largest absolute Gasteiger partial charge is 0.459 e. The summed E-state index contributed by atoms with van der Waals surface area (Å²) in [5.41, 5.74) is -0.880. The fourth-order valence-corrected chi connectivity index (χ4v) is 5.03. The summed E-state index contributed by atoms with van der Waals surface area (Å²) in [6.45, 7) is 3.01. The Morgan fingerprint density at radius 3 is 2.29 bits per heavy atom. The minimum absolute atomic E-state index is 0.107. The molecule has 2 aromatic rings. The lowest BCUT2D eigenvalue weighted by molar-refractivity contribution is -0.155. The number of benzene rings is 1. The van der Waals surface area contributed by atoms with Crippen molar-refractivity contribution < 1.29 is 35.5 Å². The maximum atomic E-state index is 14.4. The number of hydrogen-bond acceptors (Lipinski definition) is 5. The van der Waals surface area contributed by atoms with Gasteiger partial charge >= 0.3 is 5.97 Å². The van der Waals surface area contributed by atoms with E-state index in [4.69, 9.17) is 16.3 Å². The van der Waals surface area contributed by atoms with E-state index >= 15 is 0 Å². The summed E-state index contributed by atoms with van der Waals surface area (Å²) in [7, 11) is -5.11. The monoisotopic (exact) mass is 546 g/mol. The fraction of sp³-hybridized carbons (Fsp3) is 0.333. The zero-order valence-electron chi connectivity index (χ0n) is 16.3. The highest BCUT2D eigenvalue weighted by Crippen LogP contribution is 2.34. The van der Waals surface area contributed by atoms with Gasteiger partial charge in [0.15, 0.2) is 23.3 Å². The van der Waals surface area contributed by atoms with Crippen LogP contribution in [0.15, 0.2) is 27.7 Å². The molecule has 0 unspecified atom stereocenters. The van der Waals surface area contributed by atoms with Crippen molar-refractivity contribution in [2.75, 3.05) is 6.54 Å². The first-order chi connectivity index (χ1) is 14.2. The topological polar surface area (TPSA) is 76.6 Å². The Balaban J connectivity index is 2.62. The molecule has 0 saturated heterocycles. The van der Waals surface area contributed by atoms with Crippen LogP contribution in [0.2, 0.25) is 5.15 Å². The molecule has 170 valence electrons. The molecule has 0 amide bonds. The number of ether oxygens (including phenoxy) is 1. The standard InChI is InChI=1S/C18H16BrClF4N2O4S/c1-18(2,3)30-10(27)8-26(7-9-5-4-6-25-17(9)20)31(28,29)16-11(19)12(21)13(22)14(23)15(16)24/h4-6H,7-8H2,1-3H3. The van der Waals surface area contributed by atoms with Crippen molar-refractivity contribution in [2.24, 2.45) is 0 Å². The van der Waals surface area contributed by atoms with Crippen LogP contribution in [0.3, 0.4) is 0 Å². The molecule has 0 fully saturated rings. The van der Waals surface area contributed by atoms with Crippen molar-refractivity contribution in [2.45, 2.75) is 37.8 Å². The molecule has 0 radical (unpaired) electrons. The second kappa shape index (κ2) is 9.39. The predicted octanol–water partition coefficient (Wildman–Crippen LogP) is 4.59. The SMILES string of the molecule is CC(C)(C)OC(=O)CN(Cc1cccnc1Cl)S(=O)(=O)c1c(F)c(F)c(F)c(F)c1Br. The lowest BCUT2D eigenvalue weighted by atomic mass is 10.2. The first kappa shape index (κ1) is 25.5. The van der Waals surface area contributed by atoms with Gasteiger partial charge in [0.2, 0.25) is 10.0 Å². The molecule has 13 heteroatoms. The maximum Gasteiger partial charge on any atom is 0.321 e. The zero-order chi connectivity index (χ0) is 23.7. The lowest BCUT2D eigenvalue weighted by Gasteiger charge is -2.25. The number of halogens is 6. The minimum atomic E-state index is -5.11. The number of rotatable bonds is 6. The van der Waals surface area contributed by atoms with Gasteiger partial charge in [-0.05, 0) is 42.8 Å². The summed E-state index contributed by atoms with van der Waals surface area (Å²) in [5.74, 6) is -9.66. The molecule has 1 heterocycles. The number of sulfonamides is 1. The smallest absolute Gasteiger partial charge is 0.321 e. The Labute approximate surface area is 189 Å². The van der Waals surface area contributed by atoms with Crippen molar-refractivity contribution in [1.29, 1.82) is 0 Å². The summed E-state index contributed by atoms with van der Waals surface area (Å²) in [4.78, 5) is 14.5. The van der Waals surface area contributed by atoms with Gasteiger partial charge in [-0.1, -0.05) is 17.7 Å². The molecule has 0 spiro atoms. The molecule has 2 rings (SSSR count). The van der Waals surface area contributed by atoms with E-state index in [0.717, 1.165) is 0 Å². The highest BCUT2D eigenvalue weighted by molar-refractivity contribution is 9.10. The van der Waals surface area contributed by atoms with Crippen molar-refractivity contribution in [3.05, 3.63) is 56.8 Å². The Kier molecular flexibility index (Phi) is 7.72. The molecular weight excluding hydrogens is 532 g/mol. The highest BCUT2D eigenvalue weighted by Gasteiger charge is 2.37. The summed E-state index contributed by atoms with van der Waals surface area (Å²) in [5, 5.41) is -0.122. The van der Waals surface area contributed by atoms with Crippen molar-refractivity contribution in [1.82, 2.24) is 9.29 Å². The minimum Gasteiger partial charge on any atom is -0.459 e. The van der Waals surface area contributed by atoms with E-state index in [9.17, 15) is 30.8 Å². The maximum absolute atomic E-state index is 14.4. The van der Waals surface area contributed by atoms with Crippen LogP contribution in [-0.2, 0) is 26.1 Å². The number of nitrogens with zero attached hydrogens (tertiary/aromatic N) is 2. The van der Waals surface area contributed by atoms with Gasteiger partial charge in [0, 0.05) is 18.3 Å². The Morgan fingerprint density at radius 1 is 1.16 bits per heavy atom. The highest BCUT2D eigenvalue weighted by atomic mass is 79.9. The molecule has 31 heavy (non-hydrogen) atoms. The van der Waals surface area contributed by atoms with Gasteiger partial charge < -0.3 is 4.74 Å². The number of aromatic nitrogens is 1. The van der Waals surface area contributed by atoms with Crippen LogP contribution in [-0.4, -0.2) is 35.8 Å². The molecule has 0 N–H and O–H groups in total. The molecular formula is C18H16BrClF4N2O4S. The Hall–Kier alpha value is -1.76. The average Bonchev–Trinajstić information content (AvgIpc) is 2.64. The molecule has 0 aliphatic heterocycles. The van der Waals surface area contributed by atoms with Crippen LogP contribution in [0.1, 0.15) is 26.3 Å². The van der Waals surface area contributed by atoms with E-state index in [2.05, 4.69) is 20.9 Å². The van der Waals surface area contributed by atoms with E-state index in [0.29, 0.717) is 4.31 Å². The number of carbonyl (C=O) groups excluding carboxylic acids is 1. The van der Waals surface area contributed by atoms with Crippen LogP contribution < -0.4 is 0 Å². The second-order valence-corrected chi connectivity index (χ2v) is 10.2. The molecule has 0 atom stereocenters. The number of hydrogen-bond donors (Lipinski definition) is 0. The van der Waals surface area contributed by atoms with Crippen molar-refractivity contribution in [3.63, 3.8) is 0 Å². The number of esters is 1. The normalized spacial score (nSPS) is 12.3. The molecule has 6 nitrogen and oxygen atoms in total. The Morgan fingerprint density at radius 2 is 1.74 bits per heavy atom. The van der Waals surface area contributed by atoms with Crippen LogP contribution in [0.4, 0.5) is 17.6 Å². The summed E-state index contributed by atoms with van der Waals surface area (Å²) < 4.78 is 86.2. The molecule has 1 aromatic heterocycles. The van der Waals surface area contributed by atoms with Gasteiger partial charge in [0.1, 0.15) is 22.2 Å². The Bertz CT molecular complexity index is 1100. The fourth-order valence-electron chi connectivity index (χ4n) is 2.41. The third-order valence-electron chi connectivity index (χ3n) is 3.68. The quantitative estimate of drug-likeness (QED) is 0.174. The van der Waals surface area contributed by atoms with E-state index in [1.807, 2.05) is 0 Å². The van der Waals surface area contributed by atoms with Gasteiger partial charge in [-0.2, -0.15) is 4.31 Å². The lowest BCUT2D eigenvalue weighted by Crippen LogP contribution is -2.39. The van der Waals surface area contributed by atoms with Gasteiger partial charge in [-0.15, -0.1) is 0 Å². The van der Waals surface area contributed by atoms with E-state index in [1.54, 1.807) is 0 Å². The third kappa shape index (κ3) is 5.73. The van der Waals surface area contributed by atoms with Gasteiger partial charge in [0.05, 0.1) is 4.47 Å². The first-order valence-corrected chi connectivity index (χ1v) is 11.1. The summed E-state index contributed by atoms with van der Waals surface area (Å²) in [6, 6.07) is 2.80. The predicted molar refractivity (Wildman–Crippen MR) is 107 cm³/mol. The zero-order valence-corrected chi connectivity index (χ0v) is 19.5. The second-order valence-electron chi connectivity index (χ2n) is 7.21. The number of carbonyl (C=O) groups is 1. The van der Waals surface area contributed by atoms with Gasteiger partial charge in [-0.3, -0.25) is 4.79 Å². The third-order valence-corrected chi connectivity index (χ3v) is 6.86. The van der Waals surface area contributed by atoms with Gasteiger partial charge in [-0.25, -0.2) is 31.0 Å². The molecule has 1 aromatic carbocycles. The number of pyridine rings is 1. The van der Waals surface area contributed by atoms with E-state index in [1.165, 1.54) is 39.1 Å². The summed E-state index contributed by atoms with van der Waals surface area (Å²) in [6.07, 6.45) is 1.32. The molecule has 0 aliphatic rings. The van der Waals surface area contributed by atoms with Crippen molar-refractivity contribution in [3.8, 4) is 0 Å². The van der Waals surface area contributed by atoms with E-state index < -0.39 is 67.3 Å². The average molecular weight is 548 g/mol. The van der Waals surface area contributed by atoms with Gasteiger partial charge in [0.25, 0.3) is 0 Å². The molecule has 0 aliphatic carbocycles. The van der Waals surface area contributed by atoms with Crippen LogP contribution in [0.25, 0.3) is 0 Å². The summed E-state index contributed by atoms with van der Waals surface area (Å²) >= 11 is 8.39. The molecule has 0 bridgehead atoms. The first-order valence-electron chi connectivity index (χ1n) is 8.49.